The van der Waals surface area contributed by atoms with Gasteiger partial charge in [0.05, 0.1) is 6.04 Å². The van der Waals surface area contributed by atoms with Crippen LogP contribution >= 0.6 is 0 Å². The molecule has 2 aliphatic rings. The fourth-order valence-corrected chi connectivity index (χ4v) is 3.50. The van der Waals surface area contributed by atoms with Crippen LogP contribution in [-0.4, -0.2) is 53.2 Å². The highest BCUT2D eigenvalue weighted by Crippen LogP contribution is 2.31. The summed E-state index contributed by atoms with van der Waals surface area (Å²) in [5, 5.41) is 4.22. The number of rotatable bonds is 5. The third-order valence-corrected chi connectivity index (χ3v) is 4.81. The fraction of sp³-hybridized carbons (Fsp3) is 0.750. The van der Waals surface area contributed by atoms with E-state index in [0.29, 0.717) is 12.0 Å². The van der Waals surface area contributed by atoms with E-state index in [4.69, 9.17) is 4.52 Å². The van der Waals surface area contributed by atoms with Crippen molar-refractivity contribution in [3.63, 3.8) is 0 Å². The van der Waals surface area contributed by atoms with E-state index in [-0.39, 0.29) is 0 Å². The third-order valence-electron chi connectivity index (χ3n) is 4.81. The highest BCUT2D eigenvalue weighted by Gasteiger charge is 2.30. The van der Waals surface area contributed by atoms with Crippen LogP contribution in [0, 0.1) is 5.92 Å². The second-order valence-electron chi connectivity index (χ2n) is 6.44. The smallest absolute Gasteiger partial charge is 0.244 e. The average molecular weight is 290 g/mol. The van der Waals surface area contributed by atoms with E-state index >= 15 is 0 Å². The molecular weight excluding hydrogens is 264 g/mol. The van der Waals surface area contributed by atoms with Crippen molar-refractivity contribution in [2.75, 3.05) is 33.2 Å². The molecule has 0 amide bonds. The molecular formula is C16H26N4O. The highest BCUT2D eigenvalue weighted by molar-refractivity contribution is 4.99. The summed E-state index contributed by atoms with van der Waals surface area (Å²) in [6, 6.07) is 0.293. The molecule has 1 aromatic rings. The van der Waals surface area contributed by atoms with Gasteiger partial charge in [0.2, 0.25) is 5.89 Å². The van der Waals surface area contributed by atoms with Crippen LogP contribution < -0.4 is 0 Å². The van der Waals surface area contributed by atoms with Gasteiger partial charge in [-0.15, -0.1) is 6.58 Å². The maximum atomic E-state index is 5.54. The second kappa shape index (κ2) is 6.71. The van der Waals surface area contributed by atoms with Gasteiger partial charge in [-0.3, -0.25) is 4.90 Å². The lowest BCUT2D eigenvalue weighted by Crippen LogP contribution is -2.31. The number of aromatic nitrogens is 2. The Morgan fingerprint density at radius 2 is 2.10 bits per heavy atom. The molecule has 3 heterocycles. The van der Waals surface area contributed by atoms with E-state index in [1.807, 2.05) is 6.08 Å². The van der Waals surface area contributed by atoms with Crippen LogP contribution in [0.15, 0.2) is 17.2 Å². The van der Waals surface area contributed by atoms with Crippen molar-refractivity contribution in [3.8, 4) is 0 Å². The predicted octanol–water partition coefficient (Wildman–Crippen LogP) is 2.28. The zero-order valence-corrected chi connectivity index (χ0v) is 13.0. The van der Waals surface area contributed by atoms with Crippen molar-refractivity contribution in [1.82, 2.24) is 19.9 Å². The molecule has 3 rings (SSSR count). The monoisotopic (exact) mass is 290 g/mol. The Hall–Kier alpha value is -1.20. The Labute approximate surface area is 127 Å². The lowest BCUT2D eigenvalue weighted by atomic mass is 9.94. The summed E-state index contributed by atoms with van der Waals surface area (Å²) in [6.45, 7) is 8.20. The summed E-state index contributed by atoms with van der Waals surface area (Å²) in [5.41, 5.74) is 0. The van der Waals surface area contributed by atoms with Gasteiger partial charge in [-0.25, -0.2) is 0 Å². The van der Waals surface area contributed by atoms with Crippen LogP contribution in [0.5, 0.6) is 0 Å². The van der Waals surface area contributed by atoms with Crippen molar-refractivity contribution in [2.24, 2.45) is 5.92 Å². The number of hydrogen-bond donors (Lipinski definition) is 0. The maximum absolute atomic E-state index is 5.54. The topological polar surface area (TPSA) is 45.4 Å². The van der Waals surface area contributed by atoms with Crippen LogP contribution in [0.2, 0.25) is 0 Å². The minimum absolute atomic E-state index is 0.293. The normalized spacial score (nSPS) is 25.5. The summed E-state index contributed by atoms with van der Waals surface area (Å²) in [6.07, 6.45) is 7.72. The first-order valence-corrected chi connectivity index (χ1v) is 8.12. The summed E-state index contributed by atoms with van der Waals surface area (Å²) in [7, 11) is 2.19. The van der Waals surface area contributed by atoms with E-state index in [9.17, 15) is 0 Å². The molecule has 2 fully saturated rings. The minimum Gasteiger partial charge on any atom is -0.338 e. The molecule has 0 N–H and O–H groups in total. The Morgan fingerprint density at radius 1 is 1.29 bits per heavy atom. The van der Waals surface area contributed by atoms with Gasteiger partial charge in [0.1, 0.15) is 0 Å². The molecule has 0 bridgehead atoms. The lowest BCUT2D eigenvalue weighted by Gasteiger charge is -2.28. The van der Waals surface area contributed by atoms with Gasteiger partial charge >= 0.3 is 0 Å². The number of piperidine rings is 1. The summed E-state index contributed by atoms with van der Waals surface area (Å²) < 4.78 is 5.54. The number of hydrogen-bond acceptors (Lipinski definition) is 5. The second-order valence-corrected chi connectivity index (χ2v) is 6.44. The molecule has 5 nitrogen and oxygen atoms in total. The first-order valence-electron chi connectivity index (χ1n) is 8.12. The van der Waals surface area contributed by atoms with Gasteiger partial charge in [-0.1, -0.05) is 11.2 Å². The molecule has 0 spiro atoms. The Morgan fingerprint density at radius 3 is 2.86 bits per heavy atom. The summed E-state index contributed by atoms with van der Waals surface area (Å²) in [5.74, 6) is 2.40. The largest absolute Gasteiger partial charge is 0.338 e. The predicted molar refractivity (Wildman–Crippen MR) is 82.0 cm³/mol. The molecule has 0 radical (unpaired) electrons. The van der Waals surface area contributed by atoms with Gasteiger partial charge in [-0.2, -0.15) is 4.98 Å². The highest BCUT2D eigenvalue weighted by atomic mass is 16.5. The van der Waals surface area contributed by atoms with E-state index in [1.54, 1.807) is 0 Å². The maximum Gasteiger partial charge on any atom is 0.244 e. The molecule has 5 heteroatoms. The van der Waals surface area contributed by atoms with Gasteiger partial charge < -0.3 is 9.42 Å². The average Bonchev–Trinajstić information content (AvgIpc) is 3.11. The molecule has 2 saturated heterocycles. The molecule has 2 aliphatic heterocycles. The molecule has 0 aromatic carbocycles. The molecule has 1 aromatic heterocycles. The third kappa shape index (κ3) is 3.52. The molecule has 0 unspecified atom stereocenters. The van der Waals surface area contributed by atoms with Crippen molar-refractivity contribution < 1.29 is 4.52 Å². The summed E-state index contributed by atoms with van der Waals surface area (Å²) in [4.78, 5) is 9.44. The van der Waals surface area contributed by atoms with E-state index in [0.717, 1.165) is 37.6 Å². The SMILES string of the molecule is C=CCN1CCC[C@@H]1c1nc(CC2CCN(C)CC2)no1. The van der Waals surface area contributed by atoms with E-state index in [2.05, 4.69) is 33.6 Å². The van der Waals surface area contributed by atoms with Gasteiger partial charge in [0, 0.05) is 13.0 Å². The Kier molecular flexibility index (Phi) is 4.70. The number of nitrogens with zero attached hydrogens (tertiary/aromatic N) is 4. The molecule has 21 heavy (non-hydrogen) atoms. The quantitative estimate of drug-likeness (QED) is 0.779. The van der Waals surface area contributed by atoms with Crippen molar-refractivity contribution in [1.29, 1.82) is 0 Å². The van der Waals surface area contributed by atoms with Crippen molar-refractivity contribution in [2.45, 2.75) is 38.1 Å². The van der Waals surface area contributed by atoms with Crippen LogP contribution in [0.4, 0.5) is 0 Å². The summed E-state index contributed by atoms with van der Waals surface area (Å²) >= 11 is 0. The fourth-order valence-electron chi connectivity index (χ4n) is 3.50. The lowest BCUT2D eigenvalue weighted by molar-refractivity contribution is 0.215. The molecule has 0 aliphatic carbocycles. The zero-order chi connectivity index (χ0) is 14.7. The molecule has 116 valence electrons. The van der Waals surface area contributed by atoms with E-state index < -0.39 is 0 Å². The Bertz CT molecular complexity index is 465. The number of likely N-dealkylation sites (tertiary alicyclic amines) is 2. The first kappa shape index (κ1) is 14.7. The Balaban J connectivity index is 1.59. The van der Waals surface area contributed by atoms with Gasteiger partial charge in [0.15, 0.2) is 5.82 Å². The molecule has 0 saturated carbocycles. The van der Waals surface area contributed by atoms with Crippen molar-refractivity contribution in [3.05, 3.63) is 24.4 Å². The van der Waals surface area contributed by atoms with Crippen LogP contribution in [0.1, 0.15) is 43.4 Å². The minimum atomic E-state index is 0.293. The van der Waals surface area contributed by atoms with Gasteiger partial charge in [-0.05, 0) is 58.3 Å². The van der Waals surface area contributed by atoms with Gasteiger partial charge in [0.25, 0.3) is 0 Å². The zero-order valence-electron chi connectivity index (χ0n) is 13.0. The van der Waals surface area contributed by atoms with Crippen LogP contribution in [0.3, 0.4) is 0 Å². The van der Waals surface area contributed by atoms with Crippen LogP contribution in [-0.2, 0) is 6.42 Å². The molecule has 1 atom stereocenters. The standard InChI is InChI=1S/C16H26N4O/c1-3-8-20-9-4-5-14(20)16-17-15(18-21-16)12-13-6-10-19(2)11-7-13/h3,13-14H,1,4-12H2,2H3/t14-/m1/s1. The van der Waals surface area contributed by atoms with Crippen molar-refractivity contribution >= 4 is 0 Å². The van der Waals surface area contributed by atoms with E-state index in [1.165, 1.54) is 32.4 Å². The van der Waals surface area contributed by atoms with Crippen LogP contribution in [0.25, 0.3) is 0 Å². The first-order chi connectivity index (χ1) is 10.3.